The lowest BCUT2D eigenvalue weighted by molar-refractivity contribution is -0.156. The number of likely N-dealkylation sites (tertiary alicyclic amines) is 1. The van der Waals surface area contributed by atoms with Gasteiger partial charge in [-0.25, -0.2) is 23.9 Å². The second-order valence-electron chi connectivity index (χ2n) is 15.2. The third kappa shape index (κ3) is 9.36. The summed E-state index contributed by atoms with van der Waals surface area (Å²) in [5, 5.41) is 2.86. The fraction of sp³-hybridized carbons (Fsp3) is 0.605. The molecule has 0 unspecified atom stereocenters. The number of amides is 2. The van der Waals surface area contributed by atoms with Crippen molar-refractivity contribution < 1.29 is 33.0 Å². The number of unbranched alkanes of at least 4 members (excludes halogenated alkanes) is 1. The molecule has 4 rings (SSSR count). The minimum atomic E-state index is -1.02. The molecule has 0 bridgehead atoms. The van der Waals surface area contributed by atoms with Crippen molar-refractivity contribution in [3.8, 4) is 5.88 Å². The highest BCUT2D eigenvalue weighted by Gasteiger charge is 2.51. The number of rotatable bonds is 13. The quantitative estimate of drug-likeness (QED) is 0.135. The molecule has 1 aliphatic carbocycles. The second-order valence-corrected chi connectivity index (χ2v) is 15.2. The Bertz CT molecular complexity index is 1520. The first-order valence-electron chi connectivity index (χ1n) is 17.4. The first-order valence-corrected chi connectivity index (χ1v) is 17.4. The maximum Gasteiger partial charge on any atom is 0.408 e. The molecule has 7 atom stereocenters. The van der Waals surface area contributed by atoms with Gasteiger partial charge in [0, 0.05) is 12.0 Å². The maximum absolute atomic E-state index is 14.5. The number of nitrogens with one attached hydrogen (secondary N) is 1. The molecule has 2 aromatic rings. The van der Waals surface area contributed by atoms with Crippen LogP contribution in [-0.4, -0.2) is 70.3 Å². The van der Waals surface area contributed by atoms with Crippen molar-refractivity contribution in [2.24, 2.45) is 29.1 Å². The minimum Gasteiger partial charge on any atom is -0.471 e. The summed E-state index contributed by atoms with van der Waals surface area (Å²) in [6.07, 6.45) is 6.35. The molecule has 1 aromatic heterocycles. The number of hydrogen-bond acceptors (Lipinski definition) is 8. The van der Waals surface area contributed by atoms with Gasteiger partial charge < -0.3 is 24.4 Å². The van der Waals surface area contributed by atoms with Gasteiger partial charge in [0.2, 0.25) is 11.8 Å². The van der Waals surface area contributed by atoms with Crippen molar-refractivity contribution in [3.05, 3.63) is 48.9 Å². The van der Waals surface area contributed by atoms with E-state index < -0.39 is 53.3 Å². The van der Waals surface area contributed by atoms with Crippen LogP contribution < -0.4 is 10.1 Å². The van der Waals surface area contributed by atoms with E-state index in [-0.39, 0.29) is 37.0 Å². The van der Waals surface area contributed by atoms with Crippen LogP contribution in [0.5, 0.6) is 5.88 Å². The lowest BCUT2D eigenvalue weighted by atomic mass is 9.85. The molecule has 1 aliphatic heterocycles. The van der Waals surface area contributed by atoms with Gasteiger partial charge in [-0.3, -0.25) is 4.79 Å². The monoisotopic (exact) mass is 680 g/mol. The predicted molar refractivity (Wildman–Crippen MR) is 187 cm³/mol. The zero-order chi connectivity index (χ0) is 36.0. The van der Waals surface area contributed by atoms with Gasteiger partial charge in [0.15, 0.2) is 0 Å². The number of halogens is 1. The van der Waals surface area contributed by atoms with Gasteiger partial charge in [0.1, 0.15) is 35.8 Å². The molecular weight excluding hydrogens is 627 g/mol. The van der Waals surface area contributed by atoms with Crippen LogP contribution >= 0.6 is 0 Å². The number of carbonyl (C=O) groups is 3. The molecule has 0 radical (unpaired) electrons. The van der Waals surface area contributed by atoms with Gasteiger partial charge in [0.25, 0.3) is 0 Å². The molecule has 1 saturated carbocycles. The lowest BCUT2D eigenvalue weighted by Gasteiger charge is -2.35. The molecule has 11 heteroatoms. The van der Waals surface area contributed by atoms with Gasteiger partial charge in [0.05, 0.1) is 24.2 Å². The van der Waals surface area contributed by atoms with E-state index in [1.807, 2.05) is 47.6 Å². The number of aromatic nitrogens is 2. The second kappa shape index (κ2) is 16.1. The van der Waals surface area contributed by atoms with E-state index in [0.717, 1.165) is 32.1 Å². The molecule has 1 aromatic carbocycles. The molecule has 2 aliphatic rings. The Morgan fingerprint density at radius 2 is 1.84 bits per heavy atom. The van der Waals surface area contributed by atoms with E-state index in [4.69, 9.17) is 14.2 Å². The maximum atomic E-state index is 14.5. The first kappa shape index (κ1) is 37.8. The molecule has 49 heavy (non-hydrogen) atoms. The van der Waals surface area contributed by atoms with E-state index in [1.54, 1.807) is 0 Å². The van der Waals surface area contributed by atoms with E-state index in [9.17, 15) is 18.8 Å². The van der Waals surface area contributed by atoms with Gasteiger partial charge in [-0.2, -0.15) is 0 Å². The topological polar surface area (TPSA) is 120 Å². The summed E-state index contributed by atoms with van der Waals surface area (Å²) in [4.78, 5) is 52.0. The van der Waals surface area contributed by atoms with Crippen molar-refractivity contribution >= 4 is 35.1 Å². The summed E-state index contributed by atoms with van der Waals surface area (Å²) < 4.78 is 32.0. The third-order valence-electron chi connectivity index (χ3n) is 9.44. The zero-order valence-electron chi connectivity index (χ0n) is 30.0. The van der Waals surface area contributed by atoms with Gasteiger partial charge >= 0.3 is 12.1 Å². The van der Waals surface area contributed by atoms with Crippen LogP contribution in [0.25, 0.3) is 17.1 Å². The summed E-state index contributed by atoms with van der Waals surface area (Å²) in [5.74, 6) is -1.15. The number of alkyl carbamates (subject to hydrolysis) is 1. The number of allylic oxidation sites excluding steroid dienone is 1. The number of hydrogen-bond donors (Lipinski definition) is 1. The van der Waals surface area contributed by atoms with Crippen LogP contribution in [-0.2, 0) is 19.1 Å². The molecular formula is C38H53FN4O6. The lowest BCUT2D eigenvalue weighted by Crippen LogP contribution is -2.57. The van der Waals surface area contributed by atoms with E-state index in [2.05, 4.69) is 35.4 Å². The van der Waals surface area contributed by atoms with Crippen LogP contribution in [0.2, 0.25) is 0 Å². The molecule has 10 nitrogen and oxygen atoms in total. The zero-order valence-corrected chi connectivity index (χ0v) is 30.0. The SMILES string of the molecule is C=CCCC[C@@H]1C[C@@H](C)C[C@H]1OC(=O)N[C@H](C(=O)N1C[C@H](Oc2nc3cc(F)ccc3nc2C=C)[C@@H](C)[C@H]1C(=O)OCC(C)C)C(C)(C)C. The average Bonchev–Trinajstić information content (AvgIpc) is 3.55. The van der Waals surface area contributed by atoms with E-state index in [1.165, 1.54) is 29.2 Å². The Kier molecular flexibility index (Phi) is 12.4. The van der Waals surface area contributed by atoms with Gasteiger partial charge in [-0.05, 0) is 73.5 Å². The number of fused-ring (bicyclic) bond motifs is 1. The molecule has 2 fully saturated rings. The Morgan fingerprint density at radius 1 is 1.10 bits per heavy atom. The molecule has 0 spiro atoms. The summed E-state index contributed by atoms with van der Waals surface area (Å²) in [6, 6.07) is 2.07. The van der Waals surface area contributed by atoms with Crippen molar-refractivity contribution in [2.45, 2.75) is 105 Å². The Hall–Kier alpha value is -4.02. The molecule has 1 saturated heterocycles. The van der Waals surface area contributed by atoms with E-state index >= 15 is 0 Å². The third-order valence-corrected chi connectivity index (χ3v) is 9.44. The molecule has 268 valence electrons. The number of benzene rings is 1. The number of carbonyl (C=O) groups excluding carboxylic acids is 3. The first-order chi connectivity index (χ1) is 23.1. The highest BCUT2D eigenvalue weighted by molar-refractivity contribution is 5.91. The van der Waals surface area contributed by atoms with Crippen molar-refractivity contribution in [1.29, 1.82) is 0 Å². The Labute approximate surface area is 289 Å². The van der Waals surface area contributed by atoms with Crippen molar-refractivity contribution in [2.75, 3.05) is 13.2 Å². The fourth-order valence-electron chi connectivity index (χ4n) is 6.83. The standard InChI is InChI=1S/C38H53FN4O6/c1-10-12-13-14-25-17-23(5)18-30(25)49-37(46)42-33(38(7,8)9)35(44)43-20-31(24(6)32(43)36(45)47-21-22(3)4)48-34-27(11-2)40-28-16-15-26(39)19-29(28)41-34/h10-11,15-16,19,22-25,30-33H,1-2,12-14,17-18,20-21H2,3-9H3,(H,42,46)/t23-,24-,25-,30-,31+,32+,33-/m1/s1. The summed E-state index contributed by atoms with van der Waals surface area (Å²) >= 11 is 0. The summed E-state index contributed by atoms with van der Waals surface area (Å²) in [5.41, 5.74) is 0.371. The number of nitrogens with zero attached hydrogens (tertiary/aromatic N) is 3. The van der Waals surface area contributed by atoms with Crippen LogP contribution in [0, 0.1) is 34.9 Å². The molecule has 2 amide bonds. The van der Waals surface area contributed by atoms with E-state index in [0.29, 0.717) is 22.6 Å². The molecule has 1 N–H and O–H groups in total. The minimum absolute atomic E-state index is 0.00964. The smallest absolute Gasteiger partial charge is 0.408 e. The van der Waals surface area contributed by atoms with Gasteiger partial charge in [-0.15, -0.1) is 6.58 Å². The Morgan fingerprint density at radius 3 is 2.49 bits per heavy atom. The van der Waals surface area contributed by atoms with Crippen LogP contribution in [0.3, 0.4) is 0 Å². The van der Waals surface area contributed by atoms with Crippen LogP contribution in [0.15, 0.2) is 37.4 Å². The largest absolute Gasteiger partial charge is 0.471 e. The van der Waals surface area contributed by atoms with Crippen molar-refractivity contribution in [1.82, 2.24) is 20.2 Å². The fourth-order valence-corrected chi connectivity index (χ4v) is 6.83. The number of ether oxygens (including phenoxy) is 3. The van der Waals surface area contributed by atoms with Crippen LogP contribution in [0.4, 0.5) is 9.18 Å². The molecule has 2 heterocycles. The summed E-state index contributed by atoms with van der Waals surface area (Å²) in [7, 11) is 0. The highest BCUT2D eigenvalue weighted by Crippen LogP contribution is 2.37. The van der Waals surface area contributed by atoms with Gasteiger partial charge in [-0.1, -0.05) is 61.1 Å². The van der Waals surface area contributed by atoms with Crippen LogP contribution in [0.1, 0.15) is 86.3 Å². The average molecular weight is 681 g/mol. The Balaban J connectivity index is 1.59. The van der Waals surface area contributed by atoms with Crippen molar-refractivity contribution in [3.63, 3.8) is 0 Å². The predicted octanol–water partition coefficient (Wildman–Crippen LogP) is 7.12. The normalized spacial score (nSPS) is 24.5. The highest BCUT2D eigenvalue weighted by atomic mass is 19.1. The summed E-state index contributed by atoms with van der Waals surface area (Å²) in [6.45, 7) is 21.2. The number of esters is 1.